The molecule has 0 bridgehead atoms. The number of amides is 2. The molecule has 0 atom stereocenters. The van der Waals surface area contributed by atoms with Gasteiger partial charge in [0.05, 0.1) is 29.6 Å². The number of hydrogen-bond acceptors (Lipinski definition) is 3. The highest BCUT2D eigenvalue weighted by molar-refractivity contribution is 6.00. The number of benzene rings is 2. The molecule has 2 N–H and O–H groups in total. The molecule has 2 heterocycles. The number of rotatable bonds is 5. The molecule has 4 aromatic rings. The number of hydrazine groups is 1. The second-order valence-corrected chi connectivity index (χ2v) is 6.43. The van der Waals surface area contributed by atoms with E-state index >= 15 is 0 Å². The van der Waals surface area contributed by atoms with Crippen LogP contribution in [0.15, 0.2) is 91.5 Å². The van der Waals surface area contributed by atoms with Crippen LogP contribution in [0, 0.1) is 0 Å². The molecule has 29 heavy (non-hydrogen) atoms. The lowest BCUT2D eigenvalue weighted by Crippen LogP contribution is -2.41. The van der Waals surface area contributed by atoms with E-state index in [4.69, 9.17) is 0 Å². The van der Waals surface area contributed by atoms with Crippen LogP contribution in [0.1, 0.15) is 26.3 Å². The molecular formula is C22H19N5O2. The van der Waals surface area contributed by atoms with Gasteiger partial charge in [-0.25, -0.2) is 0 Å². The van der Waals surface area contributed by atoms with Crippen LogP contribution in [0.3, 0.4) is 0 Å². The van der Waals surface area contributed by atoms with E-state index in [9.17, 15) is 9.59 Å². The van der Waals surface area contributed by atoms with E-state index in [0.717, 1.165) is 11.3 Å². The molecule has 2 amide bonds. The van der Waals surface area contributed by atoms with E-state index in [0.29, 0.717) is 17.7 Å². The molecular weight excluding hydrogens is 366 g/mol. The first-order chi connectivity index (χ1) is 14.2. The second-order valence-electron chi connectivity index (χ2n) is 6.43. The van der Waals surface area contributed by atoms with Gasteiger partial charge in [-0.3, -0.25) is 25.1 Å². The number of para-hydroxylation sites is 1. The topological polar surface area (TPSA) is 81.0 Å². The molecule has 0 unspecified atom stereocenters. The van der Waals surface area contributed by atoms with Crippen molar-refractivity contribution in [3.05, 3.63) is 108 Å². The Kier molecular flexibility index (Phi) is 5.20. The molecule has 144 valence electrons. The van der Waals surface area contributed by atoms with Crippen molar-refractivity contribution in [1.29, 1.82) is 0 Å². The zero-order valence-corrected chi connectivity index (χ0v) is 15.5. The van der Waals surface area contributed by atoms with Gasteiger partial charge in [0.25, 0.3) is 11.8 Å². The summed E-state index contributed by atoms with van der Waals surface area (Å²) in [4.78, 5) is 25.0. The van der Waals surface area contributed by atoms with Gasteiger partial charge in [0, 0.05) is 18.6 Å². The molecule has 0 fully saturated rings. The number of carbonyl (C=O) groups is 2. The summed E-state index contributed by atoms with van der Waals surface area (Å²) in [6.45, 7) is 0.560. The lowest BCUT2D eigenvalue weighted by molar-refractivity contribution is 0.0846. The largest absolute Gasteiger partial charge is 0.323 e. The summed E-state index contributed by atoms with van der Waals surface area (Å²) in [6, 6.07) is 20.8. The van der Waals surface area contributed by atoms with Crippen molar-refractivity contribution < 1.29 is 9.59 Å². The van der Waals surface area contributed by atoms with Crippen molar-refractivity contribution >= 4 is 11.8 Å². The van der Waals surface area contributed by atoms with Crippen LogP contribution in [0.4, 0.5) is 0 Å². The van der Waals surface area contributed by atoms with Crippen molar-refractivity contribution in [1.82, 2.24) is 25.2 Å². The Morgan fingerprint density at radius 1 is 0.828 bits per heavy atom. The lowest BCUT2D eigenvalue weighted by atomic mass is 10.1. The van der Waals surface area contributed by atoms with Crippen molar-refractivity contribution in [3.8, 4) is 5.69 Å². The fourth-order valence-electron chi connectivity index (χ4n) is 2.98. The standard InChI is InChI=1S/C22H19N5O2/c28-21(18-14-23-27(16-18)15-17-8-2-1-3-9-17)24-25-22(29)19-10-4-5-11-20(19)26-12-6-7-13-26/h1-14,16H,15H2,(H,24,28)(H,25,29). The van der Waals surface area contributed by atoms with Gasteiger partial charge < -0.3 is 4.57 Å². The van der Waals surface area contributed by atoms with Gasteiger partial charge in [-0.1, -0.05) is 42.5 Å². The summed E-state index contributed by atoms with van der Waals surface area (Å²) in [7, 11) is 0. The highest BCUT2D eigenvalue weighted by Gasteiger charge is 2.14. The molecule has 0 saturated heterocycles. The molecule has 7 heteroatoms. The summed E-state index contributed by atoms with van der Waals surface area (Å²) >= 11 is 0. The van der Waals surface area contributed by atoms with Crippen molar-refractivity contribution in [3.63, 3.8) is 0 Å². The third-order valence-electron chi connectivity index (χ3n) is 4.40. The molecule has 0 aliphatic carbocycles. The zero-order valence-electron chi connectivity index (χ0n) is 15.5. The first-order valence-corrected chi connectivity index (χ1v) is 9.10. The zero-order chi connectivity index (χ0) is 20.1. The number of carbonyl (C=O) groups excluding carboxylic acids is 2. The maximum Gasteiger partial charge on any atom is 0.272 e. The molecule has 7 nitrogen and oxygen atoms in total. The number of nitrogens with one attached hydrogen (secondary N) is 2. The second kappa shape index (κ2) is 8.26. The maximum absolute atomic E-state index is 12.6. The molecule has 0 spiro atoms. The first-order valence-electron chi connectivity index (χ1n) is 9.10. The number of aromatic nitrogens is 3. The van der Waals surface area contributed by atoms with Crippen LogP contribution in [-0.4, -0.2) is 26.2 Å². The Labute approximate surface area is 167 Å². The predicted molar refractivity (Wildman–Crippen MR) is 108 cm³/mol. The minimum absolute atomic E-state index is 0.361. The van der Waals surface area contributed by atoms with E-state index in [1.807, 2.05) is 71.6 Å². The number of hydrogen-bond donors (Lipinski definition) is 2. The van der Waals surface area contributed by atoms with Crippen molar-refractivity contribution in [2.24, 2.45) is 0 Å². The Hall–Kier alpha value is -4.13. The molecule has 0 aliphatic rings. The van der Waals surface area contributed by atoms with Gasteiger partial charge in [0.15, 0.2) is 0 Å². The SMILES string of the molecule is O=C(NNC(=O)c1ccccc1-n1cccc1)c1cnn(Cc2ccccc2)c1. The Balaban J connectivity index is 1.40. The average Bonchev–Trinajstić information content (AvgIpc) is 3.45. The quantitative estimate of drug-likeness (QED) is 0.519. The highest BCUT2D eigenvalue weighted by Crippen LogP contribution is 2.14. The Morgan fingerprint density at radius 2 is 1.52 bits per heavy atom. The summed E-state index contributed by atoms with van der Waals surface area (Å²) in [5, 5.41) is 4.21. The monoisotopic (exact) mass is 385 g/mol. The molecule has 2 aromatic carbocycles. The summed E-state index contributed by atoms with van der Waals surface area (Å²) in [5.74, 6) is -0.838. The van der Waals surface area contributed by atoms with Gasteiger partial charge in [-0.2, -0.15) is 5.10 Å². The summed E-state index contributed by atoms with van der Waals surface area (Å²) in [6.07, 6.45) is 6.82. The van der Waals surface area contributed by atoms with Crippen LogP contribution in [0.2, 0.25) is 0 Å². The van der Waals surface area contributed by atoms with E-state index in [2.05, 4.69) is 16.0 Å². The van der Waals surface area contributed by atoms with Crippen LogP contribution < -0.4 is 10.9 Å². The van der Waals surface area contributed by atoms with E-state index in [-0.39, 0.29) is 0 Å². The van der Waals surface area contributed by atoms with Crippen LogP contribution in [0.5, 0.6) is 0 Å². The average molecular weight is 385 g/mol. The fraction of sp³-hybridized carbons (Fsp3) is 0.0455. The molecule has 0 aliphatic heterocycles. The fourth-order valence-corrected chi connectivity index (χ4v) is 2.98. The van der Waals surface area contributed by atoms with Crippen molar-refractivity contribution in [2.45, 2.75) is 6.54 Å². The number of nitrogens with zero attached hydrogens (tertiary/aromatic N) is 3. The van der Waals surface area contributed by atoms with E-state index in [1.54, 1.807) is 23.0 Å². The van der Waals surface area contributed by atoms with Crippen LogP contribution >= 0.6 is 0 Å². The minimum Gasteiger partial charge on any atom is -0.323 e. The van der Waals surface area contributed by atoms with Gasteiger partial charge in [0.1, 0.15) is 0 Å². The normalized spacial score (nSPS) is 10.5. The molecule has 0 radical (unpaired) electrons. The van der Waals surface area contributed by atoms with Gasteiger partial charge in [-0.05, 0) is 29.8 Å². The van der Waals surface area contributed by atoms with Crippen molar-refractivity contribution in [2.75, 3.05) is 0 Å². The Morgan fingerprint density at radius 3 is 2.31 bits per heavy atom. The molecule has 0 saturated carbocycles. The van der Waals surface area contributed by atoms with Gasteiger partial charge in [-0.15, -0.1) is 0 Å². The first kappa shape index (κ1) is 18.2. The lowest BCUT2D eigenvalue weighted by Gasteiger charge is -2.11. The highest BCUT2D eigenvalue weighted by atomic mass is 16.2. The maximum atomic E-state index is 12.6. The van der Waals surface area contributed by atoms with Gasteiger partial charge in [0.2, 0.25) is 0 Å². The predicted octanol–water partition coefficient (Wildman–Crippen LogP) is 2.80. The smallest absolute Gasteiger partial charge is 0.272 e. The minimum atomic E-state index is -0.434. The summed E-state index contributed by atoms with van der Waals surface area (Å²) in [5.41, 5.74) is 7.53. The third-order valence-corrected chi connectivity index (χ3v) is 4.40. The summed E-state index contributed by atoms with van der Waals surface area (Å²) < 4.78 is 3.51. The van der Waals surface area contributed by atoms with E-state index in [1.165, 1.54) is 6.20 Å². The molecule has 2 aromatic heterocycles. The van der Waals surface area contributed by atoms with E-state index < -0.39 is 11.8 Å². The van der Waals surface area contributed by atoms with Crippen LogP contribution in [0.25, 0.3) is 5.69 Å². The third kappa shape index (κ3) is 4.24. The van der Waals surface area contributed by atoms with Gasteiger partial charge >= 0.3 is 0 Å². The Bertz CT molecular complexity index is 1120. The molecule has 4 rings (SSSR count). The van der Waals surface area contributed by atoms with Crippen LogP contribution in [-0.2, 0) is 6.54 Å².